The summed E-state index contributed by atoms with van der Waals surface area (Å²) in [5.41, 5.74) is 3.38. The van der Waals surface area contributed by atoms with Crippen LogP contribution in [0.25, 0.3) is 0 Å². The number of para-hydroxylation sites is 1. The van der Waals surface area contributed by atoms with Gasteiger partial charge in [-0.15, -0.1) is 0 Å². The maximum atomic E-state index is 10.8. The number of aryl methyl sites for hydroxylation is 2. The molecule has 1 fully saturated rings. The van der Waals surface area contributed by atoms with Crippen molar-refractivity contribution in [3.63, 3.8) is 0 Å². The quantitative estimate of drug-likeness (QED) is 0.876. The Morgan fingerprint density at radius 3 is 2.43 bits per heavy atom. The van der Waals surface area contributed by atoms with E-state index < -0.39 is 0 Å². The van der Waals surface area contributed by atoms with Crippen LogP contribution in [0.1, 0.15) is 11.1 Å². The maximum Gasteiger partial charge on any atom is 0.229 e. The molecular weight excluding hydrogens is 290 g/mol. The number of benzene rings is 1. The first-order chi connectivity index (χ1) is 11.2. The Bertz CT molecular complexity index is 675. The lowest BCUT2D eigenvalue weighted by Gasteiger charge is -2.33. The van der Waals surface area contributed by atoms with E-state index in [1.54, 1.807) is 11.1 Å². The van der Waals surface area contributed by atoms with Crippen molar-refractivity contribution >= 4 is 23.9 Å². The van der Waals surface area contributed by atoms with Crippen LogP contribution in [0.3, 0.4) is 0 Å². The molecular formula is C17H21N5O. The number of nitrogens with zero attached hydrogens (tertiary/aromatic N) is 4. The lowest BCUT2D eigenvalue weighted by atomic mass is 10.1. The first-order valence-electron chi connectivity index (χ1n) is 7.78. The predicted molar refractivity (Wildman–Crippen MR) is 91.1 cm³/mol. The molecule has 120 valence electrons. The van der Waals surface area contributed by atoms with E-state index in [1.807, 2.05) is 12.1 Å². The van der Waals surface area contributed by atoms with Crippen molar-refractivity contribution in [1.29, 1.82) is 0 Å². The van der Waals surface area contributed by atoms with E-state index in [0.29, 0.717) is 5.95 Å². The van der Waals surface area contributed by atoms with E-state index in [9.17, 15) is 4.79 Å². The summed E-state index contributed by atoms with van der Waals surface area (Å²) < 4.78 is 0. The summed E-state index contributed by atoms with van der Waals surface area (Å²) in [7, 11) is 0. The Kier molecular flexibility index (Phi) is 4.41. The molecule has 0 atom stereocenters. The van der Waals surface area contributed by atoms with Crippen LogP contribution in [0.5, 0.6) is 0 Å². The summed E-state index contributed by atoms with van der Waals surface area (Å²) in [5.74, 6) is 1.48. The molecule has 6 heteroatoms. The number of hydrogen-bond acceptors (Lipinski definition) is 5. The fourth-order valence-corrected chi connectivity index (χ4v) is 2.77. The first kappa shape index (κ1) is 15.3. The molecule has 0 spiro atoms. The van der Waals surface area contributed by atoms with Gasteiger partial charge in [0.15, 0.2) is 0 Å². The summed E-state index contributed by atoms with van der Waals surface area (Å²) in [4.78, 5) is 23.7. The van der Waals surface area contributed by atoms with Gasteiger partial charge in [0.25, 0.3) is 0 Å². The normalized spacial score (nSPS) is 14.7. The number of anilines is 3. The number of carbonyl (C=O) groups excluding carboxylic acids is 1. The Morgan fingerprint density at radius 1 is 1.09 bits per heavy atom. The first-order valence-corrected chi connectivity index (χ1v) is 7.78. The maximum absolute atomic E-state index is 10.8. The number of amides is 1. The van der Waals surface area contributed by atoms with Crippen molar-refractivity contribution in [2.45, 2.75) is 13.8 Å². The second-order valence-corrected chi connectivity index (χ2v) is 5.76. The fourth-order valence-electron chi connectivity index (χ4n) is 2.77. The van der Waals surface area contributed by atoms with Crippen molar-refractivity contribution in [3.8, 4) is 0 Å². The third-order valence-electron chi connectivity index (χ3n) is 4.15. The van der Waals surface area contributed by atoms with E-state index in [-0.39, 0.29) is 0 Å². The third-order valence-corrected chi connectivity index (χ3v) is 4.15. The molecule has 0 unspecified atom stereocenters. The molecule has 6 nitrogen and oxygen atoms in total. The van der Waals surface area contributed by atoms with Gasteiger partial charge in [0.1, 0.15) is 5.82 Å². The minimum absolute atomic E-state index is 0.595. The molecule has 1 aliphatic heterocycles. The van der Waals surface area contributed by atoms with Gasteiger partial charge in [-0.3, -0.25) is 4.79 Å². The van der Waals surface area contributed by atoms with E-state index in [0.717, 1.165) is 44.1 Å². The zero-order chi connectivity index (χ0) is 16.2. The average Bonchev–Trinajstić information content (AvgIpc) is 2.59. The number of aromatic nitrogens is 2. The Balaban J connectivity index is 1.77. The van der Waals surface area contributed by atoms with Gasteiger partial charge in [0.2, 0.25) is 12.4 Å². The summed E-state index contributed by atoms with van der Waals surface area (Å²) >= 11 is 0. The van der Waals surface area contributed by atoms with Crippen LogP contribution < -0.4 is 10.2 Å². The second-order valence-electron chi connectivity index (χ2n) is 5.76. The highest BCUT2D eigenvalue weighted by atomic mass is 16.1. The topological polar surface area (TPSA) is 61.4 Å². The smallest absolute Gasteiger partial charge is 0.229 e. The largest absolute Gasteiger partial charge is 0.353 e. The van der Waals surface area contributed by atoms with Crippen molar-refractivity contribution < 1.29 is 4.79 Å². The van der Waals surface area contributed by atoms with Gasteiger partial charge in [-0.25, -0.2) is 4.98 Å². The molecule has 0 aliphatic carbocycles. The van der Waals surface area contributed by atoms with E-state index in [2.05, 4.69) is 46.2 Å². The van der Waals surface area contributed by atoms with E-state index in [4.69, 9.17) is 0 Å². The highest BCUT2D eigenvalue weighted by molar-refractivity contribution is 5.63. The van der Waals surface area contributed by atoms with Crippen LogP contribution in [-0.2, 0) is 4.79 Å². The van der Waals surface area contributed by atoms with E-state index in [1.165, 1.54) is 11.1 Å². The zero-order valence-electron chi connectivity index (χ0n) is 13.5. The molecule has 0 radical (unpaired) electrons. The van der Waals surface area contributed by atoms with Gasteiger partial charge in [-0.2, -0.15) is 4.98 Å². The standard InChI is InChI=1S/C17H21N5O/c1-13-4-3-5-14(2)16(13)20-17-18-7-6-15(19-17)22-10-8-21(12-23)9-11-22/h3-7,12H,8-11H2,1-2H3,(H,18,19,20). The molecule has 3 rings (SSSR count). The summed E-state index contributed by atoms with van der Waals surface area (Å²) in [6.45, 7) is 7.17. The summed E-state index contributed by atoms with van der Waals surface area (Å²) in [6.07, 6.45) is 2.68. The predicted octanol–water partition coefficient (Wildman–Crippen LogP) is 2.12. The van der Waals surface area contributed by atoms with Crippen LogP contribution in [-0.4, -0.2) is 47.5 Å². The Hall–Kier alpha value is -2.63. The second kappa shape index (κ2) is 6.64. The molecule has 2 heterocycles. The van der Waals surface area contributed by atoms with Crippen LogP contribution in [0.4, 0.5) is 17.5 Å². The Labute approximate surface area is 136 Å². The van der Waals surface area contributed by atoms with Crippen LogP contribution in [0, 0.1) is 13.8 Å². The van der Waals surface area contributed by atoms with Crippen molar-refractivity contribution in [2.24, 2.45) is 0 Å². The summed E-state index contributed by atoms with van der Waals surface area (Å²) in [5, 5.41) is 3.32. The SMILES string of the molecule is Cc1cccc(C)c1Nc1nccc(N2CCN(C=O)CC2)n1. The number of piperazine rings is 1. The average molecular weight is 311 g/mol. The molecule has 1 aromatic carbocycles. The number of carbonyl (C=O) groups is 1. The molecule has 1 N–H and O–H groups in total. The summed E-state index contributed by atoms with van der Waals surface area (Å²) in [6, 6.07) is 8.09. The lowest BCUT2D eigenvalue weighted by Crippen LogP contribution is -2.46. The molecule has 1 aromatic heterocycles. The van der Waals surface area contributed by atoms with Crippen LogP contribution in [0.15, 0.2) is 30.5 Å². The molecule has 1 amide bonds. The highest BCUT2D eigenvalue weighted by Gasteiger charge is 2.17. The van der Waals surface area contributed by atoms with Gasteiger partial charge >= 0.3 is 0 Å². The molecule has 1 saturated heterocycles. The number of rotatable bonds is 4. The van der Waals surface area contributed by atoms with Crippen LogP contribution in [0.2, 0.25) is 0 Å². The van der Waals surface area contributed by atoms with Crippen molar-refractivity contribution in [3.05, 3.63) is 41.6 Å². The third kappa shape index (κ3) is 3.41. The van der Waals surface area contributed by atoms with Gasteiger partial charge in [-0.05, 0) is 31.0 Å². The minimum Gasteiger partial charge on any atom is -0.353 e. The van der Waals surface area contributed by atoms with E-state index >= 15 is 0 Å². The molecule has 1 aliphatic rings. The molecule has 23 heavy (non-hydrogen) atoms. The molecule has 0 saturated carbocycles. The number of nitrogens with one attached hydrogen (secondary N) is 1. The van der Waals surface area contributed by atoms with Gasteiger partial charge in [-0.1, -0.05) is 18.2 Å². The molecule has 0 bridgehead atoms. The highest BCUT2D eigenvalue weighted by Crippen LogP contribution is 2.23. The zero-order valence-corrected chi connectivity index (χ0v) is 13.5. The molecule has 2 aromatic rings. The monoisotopic (exact) mass is 311 g/mol. The van der Waals surface area contributed by atoms with Gasteiger partial charge in [0.05, 0.1) is 0 Å². The van der Waals surface area contributed by atoms with Crippen molar-refractivity contribution in [1.82, 2.24) is 14.9 Å². The van der Waals surface area contributed by atoms with Gasteiger partial charge in [0, 0.05) is 38.1 Å². The fraction of sp³-hybridized carbons (Fsp3) is 0.353. The Morgan fingerprint density at radius 2 is 1.78 bits per heavy atom. The van der Waals surface area contributed by atoms with Crippen molar-refractivity contribution in [2.75, 3.05) is 36.4 Å². The minimum atomic E-state index is 0.595. The number of hydrogen-bond donors (Lipinski definition) is 1. The lowest BCUT2D eigenvalue weighted by molar-refractivity contribution is -0.118. The van der Waals surface area contributed by atoms with Crippen LogP contribution >= 0.6 is 0 Å². The van der Waals surface area contributed by atoms with Gasteiger partial charge < -0.3 is 15.1 Å².